The minimum Gasteiger partial charge on any atom is -0.348 e. The first-order valence-electron chi connectivity index (χ1n) is 6.87. The summed E-state index contributed by atoms with van der Waals surface area (Å²) in [5.74, 6) is 0.155. The highest BCUT2D eigenvalue weighted by atomic mass is 32.1. The van der Waals surface area contributed by atoms with Crippen LogP contribution in [0.4, 0.5) is 0 Å². The lowest BCUT2D eigenvalue weighted by Gasteiger charge is -2.33. The fourth-order valence-corrected chi connectivity index (χ4v) is 3.05. The lowest BCUT2D eigenvalue weighted by Crippen LogP contribution is -2.50. The van der Waals surface area contributed by atoms with E-state index in [9.17, 15) is 9.59 Å². The summed E-state index contributed by atoms with van der Waals surface area (Å²) in [6.45, 7) is 6.94. The van der Waals surface area contributed by atoms with Crippen LogP contribution in [0, 0.1) is 0 Å². The van der Waals surface area contributed by atoms with Crippen LogP contribution in [0.15, 0.2) is 17.5 Å². The van der Waals surface area contributed by atoms with Gasteiger partial charge in [-0.2, -0.15) is 0 Å². The Bertz CT molecular complexity index is 453. The quantitative estimate of drug-likeness (QED) is 0.904. The van der Waals surface area contributed by atoms with Crippen molar-refractivity contribution in [1.82, 2.24) is 15.1 Å². The van der Waals surface area contributed by atoms with Crippen LogP contribution in [-0.2, 0) is 9.59 Å². The van der Waals surface area contributed by atoms with Crippen molar-refractivity contribution in [2.45, 2.75) is 19.9 Å². The third-order valence-corrected chi connectivity index (χ3v) is 4.59. The standard InChI is InChI=1S/C14H21N3O2S/c1-11(13-4-3-9-20-13)15-14(19)10-16-5-7-17(8-6-16)12(2)18/h3-4,9,11H,5-8,10H2,1-2H3,(H,15,19)/t11-/m0/s1. The molecule has 0 bridgehead atoms. The van der Waals surface area contributed by atoms with Gasteiger partial charge < -0.3 is 10.2 Å². The van der Waals surface area contributed by atoms with E-state index in [1.54, 1.807) is 18.3 Å². The molecule has 1 fully saturated rings. The highest BCUT2D eigenvalue weighted by Gasteiger charge is 2.20. The van der Waals surface area contributed by atoms with Crippen molar-refractivity contribution < 1.29 is 9.59 Å². The number of nitrogens with one attached hydrogen (secondary N) is 1. The zero-order valence-electron chi connectivity index (χ0n) is 12.0. The number of piperazine rings is 1. The van der Waals surface area contributed by atoms with Crippen LogP contribution in [0.1, 0.15) is 24.8 Å². The highest BCUT2D eigenvalue weighted by molar-refractivity contribution is 7.10. The molecule has 1 aliphatic heterocycles. The van der Waals surface area contributed by atoms with E-state index in [0.717, 1.165) is 13.1 Å². The fraction of sp³-hybridized carbons (Fsp3) is 0.571. The number of amides is 2. The van der Waals surface area contributed by atoms with Crippen LogP contribution >= 0.6 is 11.3 Å². The Hall–Kier alpha value is -1.40. The fourth-order valence-electron chi connectivity index (χ4n) is 2.32. The molecule has 1 saturated heterocycles. The zero-order valence-corrected chi connectivity index (χ0v) is 12.8. The molecule has 1 aromatic rings. The Morgan fingerprint density at radius 3 is 2.60 bits per heavy atom. The molecule has 110 valence electrons. The number of rotatable bonds is 4. The monoisotopic (exact) mass is 295 g/mol. The van der Waals surface area contributed by atoms with Gasteiger partial charge >= 0.3 is 0 Å². The summed E-state index contributed by atoms with van der Waals surface area (Å²) in [5, 5.41) is 5.03. The molecule has 5 nitrogen and oxygen atoms in total. The van der Waals surface area contributed by atoms with Crippen molar-refractivity contribution >= 4 is 23.2 Å². The number of nitrogens with zero attached hydrogens (tertiary/aromatic N) is 2. The predicted octanol–water partition coefficient (Wildman–Crippen LogP) is 1.09. The summed E-state index contributed by atoms with van der Waals surface area (Å²) in [6.07, 6.45) is 0. The molecule has 2 heterocycles. The summed E-state index contributed by atoms with van der Waals surface area (Å²) in [4.78, 5) is 28.3. The Labute approximate surface area is 123 Å². The van der Waals surface area contributed by atoms with Crippen LogP contribution in [0.5, 0.6) is 0 Å². The molecule has 0 radical (unpaired) electrons. The number of hydrogen-bond donors (Lipinski definition) is 1. The van der Waals surface area contributed by atoms with E-state index in [4.69, 9.17) is 0 Å². The van der Waals surface area contributed by atoms with Gasteiger partial charge in [0, 0.05) is 38.0 Å². The molecule has 2 rings (SSSR count). The van der Waals surface area contributed by atoms with Gasteiger partial charge in [0.15, 0.2) is 0 Å². The lowest BCUT2D eigenvalue weighted by molar-refractivity contribution is -0.131. The van der Waals surface area contributed by atoms with Gasteiger partial charge in [0.1, 0.15) is 0 Å². The molecule has 1 aliphatic rings. The van der Waals surface area contributed by atoms with Crippen LogP contribution in [0.2, 0.25) is 0 Å². The average Bonchev–Trinajstić information content (AvgIpc) is 2.93. The molecule has 0 spiro atoms. The number of hydrogen-bond acceptors (Lipinski definition) is 4. The summed E-state index contributed by atoms with van der Waals surface area (Å²) >= 11 is 1.65. The molecule has 20 heavy (non-hydrogen) atoms. The SMILES string of the molecule is CC(=O)N1CCN(CC(=O)N[C@@H](C)c2cccs2)CC1. The second-order valence-electron chi connectivity index (χ2n) is 5.09. The topological polar surface area (TPSA) is 52.7 Å². The predicted molar refractivity (Wildman–Crippen MR) is 79.6 cm³/mol. The first-order chi connectivity index (χ1) is 9.56. The number of carbonyl (C=O) groups excluding carboxylic acids is 2. The Morgan fingerprint density at radius 1 is 1.35 bits per heavy atom. The van der Waals surface area contributed by atoms with E-state index in [1.165, 1.54) is 4.88 Å². The normalized spacial score (nSPS) is 17.8. The van der Waals surface area contributed by atoms with Gasteiger partial charge in [-0.3, -0.25) is 14.5 Å². The largest absolute Gasteiger partial charge is 0.348 e. The molecule has 0 aromatic carbocycles. The maximum Gasteiger partial charge on any atom is 0.234 e. The van der Waals surface area contributed by atoms with Gasteiger partial charge in [0.2, 0.25) is 11.8 Å². The van der Waals surface area contributed by atoms with E-state index >= 15 is 0 Å². The van der Waals surface area contributed by atoms with Crippen LogP contribution in [0.3, 0.4) is 0 Å². The molecule has 0 aliphatic carbocycles. The maximum atomic E-state index is 12.0. The lowest BCUT2D eigenvalue weighted by atomic mass is 10.2. The number of carbonyl (C=O) groups is 2. The first-order valence-corrected chi connectivity index (χ1v) is 7.75. The zero-order chi connectivity index (χ0) is 14.5. The summed E-state index contributed by atoms with van der Waals surface area (Å²) < 4.78 is 0. The minimum atomic E-state index is 0.0437. The minimum absolute atomic E-state index is 0.0437. The summed E-state index contributed by atoms with van der Waals surface area (Å²) in [6, 6.07) is 4.08. The highest BCUT2D eigenvalue weighted by Crippen LogP contribution is 2.17. The van der Waals surface area contributed by atoms with Crippen molar-refractivity contribution in [1.29, 1.82) is 0 Å². The average molecular weight is 295 g/mol. The van der Waals surface area contributed by atoms with Gasteiger partial charge in [0.05, 0.1) is 12.6 Å². The van der Waals surface area contributed by atoms with Crippen LogP contribution < -0.4 is 5.32 Å². The van der Waals surface area contributed by atoms with E-state index in [-0.39, 0.29) is 17.9 Å². The maximum absolute atomic E-state index is 12.0. The molecular formula is C14H21N3O2S. The van der Waals surface area contributed by atoms with Crippen LogP contribution in [0.25, 0.3) is 0 Å². The van der Waals surface area contributed by atoms with E-state index < -0.39 is 0 Å². The molecular weight excluding hydrogens is 274 g/mol. The first kappa shape index (κ1) is 15.0. The molecule has 0 saturated carbocycles. The Balaban J connectivity index is 1.74. The second kappa shape index (κ2) is 6.85. The van der Waals surface area contributed by atoms with Gasteiger partial charge in [-0.25, -0.2) is 0 Å². The summed E-state index contributed by atoms with van der Waals surface area (Å²) in [7, 11) is 0. The van der Waals surface area contributed by atoms with Crippen molar-refractivity contribution in [3.05, 3.63) is 22.4 Å². The Morgan fingerprint density at radius 2 is 2.05 bits per heavy atom. The molecule has 1 aromatic heterocycles. The van der Waals surface area contributed by atoms with Gasteiger partial charge in [-0.15, -0.1) is 11.3 Å². The third kappa shape index (κ3) is 4.05. The van der Waals surface area contributed by atoms with Crippen molar-refractivity contribution in [2.75, 3.05) is 32.7 Å². The number of thiophene rings is 1. The molecule has 0 unspecified atom stereocenters. The van der Waals surface area contributed by atoms with Crippen molar-refractivity contribution in [3.8, 4) is 0 Å². The van der Waals surface area contributed by atoms with Crippen molar-refractivity contribution in [2.24, 2.45) is 0 Å². The van der Waals surface area contributed by atoms with Gasteiger partial charge in [-0.05, 0) is 18.4 Å². The molecule has 2 amide bonds. The van der Waals surface area contributed by atoms with E-state index in [0.29, 0.717) is 19.6 Å². The Kier molecular flexibility index (Phi) is 5.14. The van der Waals surface area contributed by atoms with Crippen LogP contribution in [-0.4, -0.2) is 54.3 Å². The van der Waals surface area contributed by atoms with E-state index in [2.05, 4.69) is 10.2 Å². The molecule has 1 atom stereocenters. The molecule has 6 heteroatoms. The second-order valence-corrected chi connectivity index (χ2v) is 6.07. The molecule has 1 N–H and O–H groups in total. The smallest absolute Gasteiger partial charge is 0.234 e. The van der Waals surface area contributed by atoms with Crippen molar-refractivity contribution in [3.63, 3.8) is 0 Å². The summed E-state index contributed by atoms with van der Waals surface area (Å²) in [5.41, 5.74) is 0. The van der Waals surface area contributed by atoms with Gasteiger partial charge in [-0.1, -0.05) is 6.07 Å². The van der Waals surface area contributed by atoms with Gasteiger partial charge in [0.25, 0.3) is 0 Å². The van der Waals surface area contributed by atoms with E-state index in [1.807, 2.05) is 29.3 Å². The third-order valence-electron chi connectivity index (χ3n) is 3.53.